The third-order valence-electron chi connectivity index (χ3n) is 5.55. The molecule has 1 spiro atoms. The highest BCUT2D eigenvalue weighted by atomic mass is 16.6. The first kappa shape index (κ1) is 17.5. The lowest BCUT2D eigenvalue weighted by Crippen LogP contribution is -2.43. The summed E-state index contributed by atoms with van der Waals surface area (Å²) in [5, 5.41) is 5.53. The maximum absolute atomic E-state index is 13.1. The van der Waals surface area contributed by atoms with Gasteiger partial charge in [-0.05, 0) is 36.1 Å². The molecule has 5 rings (SSSR count). The van der Waals surface area contributed by atoms with Crippen LogP contribution in [0.3, 0.4) is 0 Å². The second-order valence-corrected chi connectivity index (χ2v) is 7.29. The van der Waals surface area contributed by atoms with Gasteiger partial charge in [0, 0.05) is 11.8 Å². The summed E-state index contributed by atoms with van der Waals surface area (Å²) in [6, 6.07) is 12.1. The molecule has 148 valence electrons. The van der Waals surface area contributed by atoms with Crippen molar-refractivity contribution >= 4 is 23.5 Å². The van der Waals surface area contributed by atoms with E-state index in [1.54, 1.807) is 18.2 Å². The largest absolute Gasteiger partial charge is 0.486 e. The van der Waals surface area contributed by atoms with E-state index in [1.165, 1.54) is 0 Å². The van der Waals surface area contributed by atoms with Crippen LogP contribution in [-0.4, -0.2) is 42.5 Å². The van der Waals surface area contributed by atoms with Crippen LogP contribution >= 0.6 is 0 Å². The molecule has 1 aliphatic carbocycles. The number of amides is 4. The summed E-state index contributed by atoms with van der Waals surface area (Å²) < 4.78 is 11.0. The zero-order valence-corrected chi connectivity index (χ0v) is 15.6. The fourth-order valence-electron chi connectivity index (χ4n) is 4.20. The highest BCUT2D eigenvalue weighted by Gasteiger charge is 2.55. The number of nitrogens with zero attached hydrogens (tertiary/aromatic N) is 1. The Morgan fingerprint density at radius 1 is 1.10 bits per heavy atom. The molecule has 8 heteroatoms. The molecule has 2 heterocycles. The van der Waals surface area contributed by atoms with Crippen molar-refractivity contribution in [1.29, 1.82) is 0 Å². The first-order valence-corrected chi connectivity index (χ1v) is 9.49. The van der Waals surface area contributed by atoms with E-state index in [-0.39, 0.29) is 12.5 Å². The number of carbonyl (C=O) groups excluding carboxylic acids is 3. The van der Waals surface area contributed by atoms with Gasteiger partial charge in [-0.15, -0.1) is 0 Å². The van der Waals surface area contributed by atoms with Crippen molar-refractivity contribution in [3.05, 3.63) is 53.6 Å². The minimum Gasteiger partial charge on any atom is -0.486 e. The number of hydrogen-bond donors (Lipinski definition) is 2. The molecule has 0 aromatic heterocycles. The van der Waals surface area contributed by atoms with Gasteiger partial charge in [0.05, 0.1) is 0 Å². The van der Waals surface area contributed by atoms with Crippen molar-refractivity contribution in [3.63, 3.8) is 0 Å². The molecule has 2 N–H and O–H groups in total. The average Bonchev–Trinajstić information content (AvgIpc) is 3.21. The van der Waals surface area contributed by atoms with Crippen LogP contribution in [-0.2, 0) is 21.5 Å². The Morgan fingerprint density at radius 3 is 2.76 bits per heavy atom. The van der Waals surface area contributed by atoms with E-state index >= 15 is 0 Å². The predicted octanol–water partition coefficient (Wildman–Crippen LogP) is 1.79. The number of urea groups is 1. The summed E-state index contributed by atoms with van der Waals surface area (Å²) in [5.41, 5.74) is 1.30. The Balaban J connectivity index is 1.31. The lowest BCUT2D eigenvalue weighted by atomic mass is 9.92. The number of carbonyl (C=O) groups is 3. The number of imide groups is 1. The minimum absolute atomic E-state index is 0.358. The summed E-state index contributed by atoms with van der Waals surface area (Å²) in [5.74, 6) is 0.314. The van der Waals surface area contributed by atoms with Gasteiger partial charge in [0.25, 0.3) is 5.91 Å². The minimum atomic E-state index is -1.06. The zero-order valence-electron chi connectivity index (χ0n) is 15.6. The highest BCUT2D eigenvalue weighted by molar-refractivity contribution is 6.11. The first-order chi connectivity index (χ1) is 14.1. The van der Waals surface area contributed by atoms with Crippen molar-refractivity contribution in [2.45, 2.75) is 18.4 Å². The average molecular weight is 393 g/mol. The van der Waals surface area contributed by atoms with Gasteiger partial charge >= 0.3 is 6.03 Å². The second-order valence-electron chi connectivity index (χ2n) is 7.29. The summed E-state index contributed by atoms with van der Waals surface area (Å²) in [6.07, 6.45) is 1.20. The van der Waals surface area contributed by atoms with Gasteiger partial charge in [0.1, 0.15) is 25.3 Å². The Kier molecular flexibility index (Phi) is 3.94. The SMILES string of the molecule is O=C(CN1C(=O)NC2(CCc3ccccc32)C1=O)Nc1ccc2c(c1)OCCO2. The van der Waals surface area contributed by atoms with Crippen molar-refractivity contribution in [2.75, 3.05) is 25.1 Å². The molecule has 0 saturated carbocycles. The number of rotatable bonds is 3. The highest BCUT2D eigenvalue weighted by Crippen LogP contribution is 2.41. The van der Waals surface area contributed by atoms with Crippen molar-refractivity contribution < 1.29 is 23.9 Å². The standard InChI is InChI=1S/C21H19N3O5/c25-18(22-14-5-6-16-17(11-14)29-10-9-28-16)12-24-19(26)21(23-20(24)27)8-7-13-3-1-2-4-15(13)21/h1-6,11H,7-10,12H2,(H,22,25)(H,23,27). The van der Waals surface area contributed by atoms with Crippen LogP contribution in [0, 0.1) is 0 Å². The summed E-state index contributed by atoms with van der Waals surface area (Å²) in [7, 11) is 0. The monoisotopic (exact) mass is 393 g/mol. The molecule has 1 unspecified atom stereocenters. The van der Waals surface area contributed by atoms with Crippen LogP contribution in [0.1, 0.15) is 17.5 Å². The van der Waals surface area contributed by atoms with Gasteiger partial charge < -0.3 is 20.1 Å². The molecule has 4 amide bonds. The molecule has 1 saturated heterocycles. The van der Waals surface area contributed by atoms with Gasteiger partial charge in [-0.25, -0.2) is 4.79 Å². The predicted molar refractivity (Wildman–Crippen MR) is 103 cm³/mol. The zero-order chi connectivity index (χ0) is 20.0. The molecule has 3 aliphatic rings. The molecular weight excluding hydrogens is 374 g/mol. The molecule has 2 aromatic carbocycles. The van der Waals surface area contributed by atoms with Gasteiger partial charge in [-0.1, -0.05) is 24.3 Å². The molecule has 2 aromatic rings. The molecular formula is C21H19N3O5. The number of aryl methyl sites for hydroxylation is 1. The molecule has 29 heavy (non-hydrogen) atoms. The van der Waals surface area contributed by atoms with Crippen molar-refractivity contribution in [2.24, 2.45) is 0 Å². The summed E-state index contributed by atoms with van der Waals surface area (Å²) >= 11 is 0. The molecule has 1 fully saturated rings. The number of hydrogen-bond acceptors (Lipinski definition) is 5. The topological polar surface area (TPSA) is 97.0 Å². The maximum Gasteiger partial charge on any atom is 0.325 e. The van der Waals surface area contributed by atoms with Gasteiger partial charge in [0.2, 0.25) is 5.91 Å². The number of benzene rings is 2. The number of nitrogens with one attached hydrogen (secondary N) is 2. The van der Waals surface area contributed by atoms with E-state index in [2.05, 4.69) is 10.6 Å². The lowest BCUT2D eigenvalue weighted by Gasteiger charge is -2.22. The molecule has 8 nitrogen and oxygen atoms in total. The van der Waals surface area contributed by atoms with Crippen LogP contribution in [0.2, 0.25) is 0 Å². The van der Waals surface area contributed by atoms with Crippen molar-refractivity contribution in [1.82, 2.24) is 10.2 Å². The van der Waals surface area contributed by atoms with Crippen LogP contribution in [0.15, 0.2) is 42.5 Å². The van der Waals surface area contributed by atoms with Crippen molar-refractivity contribution in [3.8, 4) is 11.5 Å². The Bertz CT molecular complexity index is 1040. The first-order valence-electron chi connectivity index (χ1n) is 9.49. The lowest BCUT2D eigenvalue weighted by molar-refractivity contribution is -0.134. The van der Waals surface area contributed by atoms with Crippen LogP contribution in [0.4, 0.5) is 10.5 Å². The van der Waals surface area contributed by atoms with Gasteiger partial charge in [0.15, 0.2) is 11.5 Å². The van der Waals surface area contributed by atoms with E-state index in [4.69, 9.17) is 9.47 Å². The van der Waals surface area contributed by atoms with E-state index in [9.17, 15) is 14.4 Å². The third kappa shape index (κ3) is 2.79. The van der Waals surface area contributed by atoms with E-state index < -0.39 is 17.5 Å². The summed E-state index contributed by atoms with van der Waals surface area (Å²) in [6.45, 7) is 0.565. The fraction of sp³-hybridized carbons (Fsp3) is 0.286. The molecule has 1 atom stereocenters. The Labute approximate surface area is 166 Å². The number of anilines is 1. The normalized spacial score (nSPS) is 21.9. The maximum atomic E-state index is 13.1. The van der Waals surface area contributed by atoms with Crippen LogP contribution in [0.25, 0.3) is 0 Å². The van der Waals surface area contributed by atoms with Gasteiger partial charge in [-0.3, -0.25) is 14.5 Å². The van der Waals surface area contributed by atoms with E-state index in [0.717, 1.165) is 16.0 Å². The van der Waals surface area contributed by atoms with Gasteiger partial charge in [-0.2, -0.15) is 0 Å². The Morgan fingerprint density at radius 2 is 1.90 bits per heavy atom. The molecule has 2 aliphatic heterocycles. The quantitative estimate of drug-likeness (QED) is 0.775. The van der Waals surface area contributed by atoms with Crippen LogP contribution < -0.4 is 20.1 Å². The van der Waals surface area contributed by atoms with Crippen LogP contribution in [0.5, 0.6) is 11.5 Å². The number of fused-ring (bicyclic) bond motifs is 3. The molecule has 0 bridgehead atoms. The second kappa shape index (κ2) is 6.51. The fourth-order valence-corrected chi connectivity index (χ4v) is 4.20. The molecule has 0 radical (unpaired) electrons. The van der Waals surface area contributed by atoms with E-state index in [1.807, 2.05) is 24.3 Å². The smallest absolute Gasteiger partial charge is 0.325 e. The summed E-state index contributed by atoms with van der Waals surface area (Å²) in [4.78, 5) is 39.1. The Hall–Kier alpha value is -3.55. The third-order valence-corrected chi connectivity index (χ3v) is 5.55. The van der Waals surface area contributed by atoms with E-state index in [0.29, 0.717) is 43.2 Å². The number of ether oxygens (including phenoxy) is 2.